The number of unbranched alkanes of at least 4 members (excludes halogenated alkanes) is 1. The highest BCUT2D eigenvalue weighted by Gasteiger charge is 2.22. The normalized spacial score (nSPS) is 21.7. The highest BCUT2D eigenvalue weighted by molar-refractivity contribution is 14.1. The van der Waals surface area contributed by atoms with Crippen molar-refractivity contribution in [2.45, 2.75) is 61.9 Å². The fourth-order valence-corrected chi connectivity index (χ4v) is 3.41. The molecule has 1 aliphatic rings. The monoisotopic (exact) mass is 436 g/mol. The Bertz CT molecular complexity index is 573. The molecule has 2 heteroatoms. The van der Waals surface area contributed by atoms with Crippen molar-refractivity contribution in [3.05, 3.63) is 66.0 Å². The second kappa shape index (κ2) is 10.1. The fourth-order valence-electron chi connectivity index (χ4n) is 2.83. The number of hydrogen-bond acceptors (Lipinski definition) is 1. The summed E-state index contributed by atoms with van der Waals surface area (Å²) >= 11 is 2.53. The fraction of sp³-hybridized carbons (Fsp3) is 0.455. The van der Waals surface area contributed by atoms with Gasteiger partial charge in [0.15, 0.2) is 0 Å². The summed E-state index contributed by atoms with van der Waals surface area (Å²) in [6, 6.07) is 10.5. The number of benzene rings is 1. The molecule has 0 amide bonds. The first-order valence-electron chi connectivity index (χ1n) is 9.14. The predicted octanol–water partition coefficient (Wildman–Crippen LogP) is 7.09. The predicted molar refractivity (Wildman–Crippen MR) is 113 cm³/mol. The van der Waals surface area contributed by atoms with Crippen molar-refractivity contribution in [1.29, 1.82) is 0 Å². The Morgan fingerprint density at radius 1 is 1.17 bits per heavy atom. The Morgan fingerprint density at radius 2 is 1.96 bits per heavy atom. The molecule has 2 rings (SSSR count). The number of allylic oxidation sites excluding steroid dienone is 4. The molecule has 1 aromatic rings. The van der Waals surface area contributed by atoms with Crippen LogP contribution in [0.15, 0.2) is 60.4 Å². The van der Waals surface area contributed by atoms with Gasteiger partial charge in [-0.1, -0.05) is 104 Å². The molecule has 0 saturated carbocycles. The third kappa shape index (κ3) is 6.46. The standard InChI is InChI=1S/C22H29IO/c1-3-5-12-20(9-4-2)24-21-14-17-22(23,18-15-21)16-13-19-10-7-6-8-11-19/h6-8,10-11,13-17,20H,3-5,9,12,18H2,1-2H3/b16-13+. The van der Waals surface area contributed by atoms with Crippen molar-refractivity contribution < 1.29 is 4.74 Å². The molecule has 0 aromatic heterocycles. The van der Waals surface area contributed by atoms with Crippen LogP contribution >= 0.6 is 22.6 Å². The minimum atomic E-state index is 0.0458. The third-order valence-corrected chi connectivity index (χ3v) is 5.45. The van der Waals surface area contributed by atoms with E-state index in [2.05, 4.69) is 97.2 Å². The zero-order chi connectivity index (χ0) is 17.3. The van der Waals surface area contributed by atoms with Gasteiger partial charge in [-0.3, -0.25) is 0 Å². The maximum Gasteiger partial charge on any atom is 0.115 e. The van der Waals surface area contributed by atoms with Gasteiger partial charge in [-0.2, -0.15) is 0 Å². The Hall–Kier alpha value is -1.03. The van der Waals surface area contributed by atoms with Crippen LogP contribution in [0.2, 0.25) is 0 Å². The molecule has 0 radical (unpaired) electrons. The number of ether oxygens (including phenoxy) is 1. The average Bonchev–Trinajstić information content (AvgIpc) is 2.61. The Morgan fingerprint density at radius 3 is 2.58 bits per heavy atom. The molecule has 0 heterocycles. The summed E-state index contributed by atoms with van der Waals surface area (Å²) in [6.45, 7) is 4.48. The van der Waals surface area contributed by atoms with Gasteiger partial charge in [-0.25, -0.2) is 0 Å². The molecule has 1 nitrogen and oxygen atoms in total. The topological polar surface area (TPSA) is 9.23 Å². The van der Waals surface area contributed by atoms with Gasteiger partial charge in [-0.15, -0.1) is 0 Å². The van der Waals surface area contributed by atoms with Crippen molar-refractivity contribution in [2.75, 3.05) is 0 Å². The van der Waals surface area contributed by atoms with Crippen LogP contribution in [0.4, 0.5) is 0 Å². The number of rotatable bonds is 9. The van der Waals surface area contributed by atoms with Gasteiger partial charge in [-0.05, 0) is 37.0 Å². The molecule has 0 aliphatic heterocycles. The minimum absolute atomic E-state index is 0.0458. The molecule has 0 saturated heterocycles. The minimum Gasteiger partial charge on any atom is -0.491 e. The summed E-state index contributed by atoms with van der Waals surface area (Å²) < 4.78 is 6.28. The third-order valence-electron chi connectivity index (χ3n) is 4.29. The second-order valence-electron chi connectivity index (χ2n) is 6.49. The van der Waals surface area contributed by atoms with Crippen LogP contribution in [-0.2, 0) is 4.74 Å². The zero-order valence-electron chi connectivity index (χ0n) is 14.9. The average molecular weight is 436 g/mol. The number of alkyl halides is 1. The molecule has 130 valence electrons. The lowest BCUT2D eigenvalue weighted by molar-refractivity contribution is 0.105. The lowest BCUT2D eigenvalue weighted by atomic mass is 9.98. The van der Waals surface area contributed by atoms with Crippen molar-refractivity contribution >= 4 is 28.7 Å². The molecule has 0 N–H and O–H groups in total. The Balaban J connectivity index is 1.92. The lowest BCUT2D eigenvalue weighted by Crippen LogP contribution is -2.18. The molecule has 1 aromatic carbocycles. The van der Waals surface area contributed by atoms with Crippen molar-refractivity contribution in [3.63, 3.8) is 0 Å². The summed E-state index contributed by atoms with van der Waals surface area (Å²) in [4.78, 5) is 0. The summed E-state index contributed by atoms with van der Waals surface area (Å²) in [7, 11) is 0. The Labute approximate surface area is 161 Å². The quantitative estimate of drug-likeness (QED) is 0.297. The van der Waals surface area contributed by atoms with E-state index in [4.69, 9.17) is 4.74 Å². The van der Waals surface area contributed by atoms with E-state index in [9.17, 15) is 0 Å². The van der Waals surface area contributed by atoms with E-state index in [1.54, 1.807) is 0 Å². The van der Waals surface area contributed by atoms with Gasteiger partial charge in [0.05, 0.1) is 9.53 Å². The van der Waals surface area contributed by atoms with Gasteiger partial charge in [0, 0.05) is 0 Å². The molecular formula is C22H29IO. The molecule has 0 bridgehead atoms. The van der Waals surface area contributed by atoms with Crippen molar-refractivity contribution in [2.24, 2.45) is 0 Å². The molecule has 0 fully saturated rings. The highest BCUT2D eigenvalue weighted by atomic mass is 127. The van der Waals surface area contributed by atoms with E-state index in [-0.39, 0.29) is 3.42 Å². The van der Waals surface area contributed by atoms with Crippen LogP contribution in [-0.4, -0.2) is 9.53 Å². The van der Waals surface area contributed by atoms with Gasteiger partial charge >= 0.3 is 0 Å². The molecular weight excluding hydrogens is 407 g/mol. The SMILES string of the molecule is CCCCC(CCC)OC1=CCC(I)(/C=C/c2ccccc2)C=C1. The second-order valence-corrected chi connectivity index (χ2v) is 8.49. The van der Waals surface area contributed by atoms with E-state index in [0.717, 1.165) is 18.6 Å². The van der Waals surface area contributed by atoms with Crippen LogP contribution < -0.4 is 0 Å². The van der Waals surface area contributed by atoms with Gasteiger partial charge in [0.25, 0.3) is 0 Å². The van der Waals surface area contributed by atoms with Gasteiger partial charge < -0.3 is 4.74 Å². The maximum absolute atomic E-state index is 6.24. The van der Waals surface area contributed by atoms with E-state index in [1.807, 2.05) is 0 Å². The first kappa shape index (κ1) is 19.3. The molecule has 24 heavy (non-hydrogen) atoms. The summed E-state index contributed by atoms with van der Waals surface area (Å²) in [6.07, 6.45) is 18.5. The number of halogens is 1. The Kier molecular flexibility index (Phi) is 8.10. The van der Waals surface area contributed by atoms with Crippen LogP contribution in [0.25, 0.3) is 6.08 Å². The lowest BCUT2D eigenvalue weighted by Gasteiger charge is -2.25. The first-order chi connectivity index (χ1) is 11.6. The first-order valence-corrected chi connectivity index (χ1v) is 10.2. The van der Waals surface area contributed by atoms with E-state index < -0.39 is 0 Å². The van der Waals surface area contributed by atoms with Gasteiger partial charge in [0.2, 0.25) is 0 Å². The largest absolute Gasteiger partial charge is 0.491 e. The summed E-state index contributed by atoms with van der Waals surface area (Å²) in [5, 5.41) is 0. The maximum atomic E-state index is 6.24. The zero-order valence-corrected chi connectivity index (χ0v) is 17.0. The van der Waals surface area contributed by atoms with Gasteiger partial charge in [0.1, 0.15) is 5.76 Å². The highest BCUT2D eigenvalue weighted by Crippen LogP contribution is 2.33. The summed E-state index contributed by atoms with van der Waals surface area (Å²) in [5.74, 6) is 1.05. The van der Waals surface area contributed by atoms with Crippen LogP contribution in [0.3, 0.4) is 0 Å². The van der Waals surface area contributed by atoms with E-state index in [0.29, 0.717) is 6.10 Å². The smallest absolute Gasteiger partial charge is 0.115 e. The summed E-state index contributed by atoms with van der Waals surface area (Å²) in [5.41, 5.74) is 1.25. The van der Waals surface area contributed by atoms with E-state index >= 15 is 0 Å². The van der Waals surface area contributed by atoms with E-state index in [1.165, 1.54) is 31.2 Å². The van der Waals surface area contributed by atoms with Crippen LogP contribution in [0.1, 0.15) is 57.9 Å². The molecule has 2 unspecified atom stereocenters. The molecule has 2 atom stereocenters. The van der Waals surface area contributed by atoms with Crippen molar-refractivity contribution in [3.8, 4) is 0 Å². The molecule has 1 aliphatic carbocycles. The van der Waals surface area contributed by atoms with Crippen LogP contribution in [0.5, 0.6) is 0 Å². The van der Waals surface area contributed by atoms with Crippen molar-refractivity contribution in [1.82, 2.24) is 0 Å². The molecule has 0 spiro atoms. The number of hydrogen-bond donors (Lipinski definition) is 0. The van der Waals surface area contributed by atoms with Crippen LogP contribution in [0, 0.1) is 0 Å².